The lowest BCUT2D eigenvalue weighted by Gasteiger charge is -1.85. The second-order valence-electron chi connectivity index (χ2n) is 1.72. The summed E-state index contributed by atoms with van der Waals surface area (Å²) in [5.41, 5.74) is 0.392. The van der Waals surface area contributed by atoms with Crippen molar-refractivity contribution in [1.82, 2.24) is 0 Å². The van der Waals surface area contributed by atoms with E-state index in [1.165, 1.54) is 6.07 Å². The van der Waals surface area contributed by atoms with E-state index in [4.69, 9.17) is 5.84 Å². The molecule has 1 rings (SSSR count). The molecule has 0 aliphatic carbocycles. The van der Waals surface area contributed by atoms with E-state index in [-0.39, 0.29) is 0 Å². The molecule has 1 aromatic rings. The van der Waals surface area contributed by atoms with Gasteiger partial charge in [-0.3, -0.25) is 0 Å². The summed E-state index contributed by atoms with van der Waals surface area (Å²) < 4.78 is 0.804. The van der Waals surface area contributed by atoms with Crippen molar-refractivity contribution in [2.24, 2.45) is 5.84 Å². The second-order valence-corrected chi connectivity index (χ2v) is 2.57. The molecule has 0 saturated carbocycles. The van der Waals surface area contributed by atoms with Crippen LogP contribution in [0.5, 0.6) is 0 Å². The number of benzene rings is 1. The molecular formula is C6H5BrN2O+. The van der Waals surface area contributed by atoms with Crippen LogP contribution in [0.25, 0.3) is 0 Å². The van der Waals surface area contributed by atoms with Crippen molar-refractivity contribution in [3.63, 3.8) is 0 Å². The summed E-state index contributed by atoms with van der Waals surface area (Å²) in [6.07, 6.45) is 0. The van der Waals surface area contributed by atoms with Gasteiger partial charge in [0.2, 0.25) is 0 Å². The molecular weight excluding hydrogens is 196 g/mol. The lowest BCUT2D eigenvalue weighted by atomic mass is 10.3. The first-order valence-corrected chi connectivity index (χ1v) is 3.38. The van der Waals surface area contributed by atoms with Gasteiger partial charge in [0.1, 0.15) is 0 Å². The Balaban J connectivity index is 3.00. The van der Waals surface area contributed by atoms with E-state index in [0.717, 1.165) is 4.47 Å². The smallest absolute Gasteiger partial charge is 0.159 e. The number of hydrogen-bond donors (Lipinski definition) is 1. The van der Waals surface area contributed by atoms with Crippen LogP contribution in [0.4, 0.5) is 5.69 Å². The molecule has 0 aromatic heterocycles. The Labute approximate surface area is 66.5 Å². The van der Waals surface area contributed by atoms with Crippen LogP contribution in [0.3, 0.4) is 0 Å². The van der Waals surface area contributed by atoms with E-state index in [0.29, 0.717) is 10.6 Å². The van der Waals surface area contributed by atoms with Gasteiger partial charge in [0.25, 0.3) is 5.69 Å². The molecule has 1 radical (unpaired) electrons. The van der Waals surface area contributed by atoms with Gasteiger partial charge in [0, 0.05) is 22.7 Å². The van der Waals surface area contributed by atoms with Crippen LogP contribution in [-0.4, -0.2) is 4.87 Å². The lowest BCUT2D eigenvalue weighted by Crippen LogP contribution is -2.08. The fraction of sp³-hybridized carbons (Fsp3) is 0. The summed E-state index contributed by atoms with van der Waals surface area (Å²) in [7, 11) is 0. The molecule has 0 heterocycles. The molecule has 0 amide bonds. The van der Waals surface area contributed by atoms with Gasteiger partial charge in [-0.1, -0.05) is 15.9 Å². The van der Waals surface area contributed by atoms with Crippen molar-refractivity contribution < 1.29 is 4.87 Å². The number of nitroso groups, excluding NO2 is 1. The van der Waals surface area contributed by atoms with E-state index < -0.39 is 0 Å². The first-order valence-electron chi connectivity index (χ1n) is 2.59. The van der Waals surface area contributed by atoms with Gasteiger partial charge < -0.3 is 0 Å². The van der Waals surface area contributed by atoms with Crippen molar-refractivity contribution in [3.05, 3.63) is 33.6 Å². The zero-order valence-electron chi connectivity index (χ0n) is 5.04. The summed E-state index contributed by atoms with van der Waals surface area (Å²) in [6, 6.07) is 7.59. The highest BCUT2D eigenvalue weighted by atomic mass is 79.9. The minimum Gasteiger partial charge on any atom is -0.159 e. The monoisotopic (exact) mass is 200 g/mol. The van der Waals surface area contributed by atoms with Gasteiger partial charge in [-0.25, -0.2) is 0 Å². The first kappa shape index (κ1) is 7.21. The van der Waals surface area contributed by atoms with Crippen LogP contribution in [0.15, 0.2) is 22.7 Å². The molecule has 0 atom stereocenters. The van der Waals surface area contributed by atoms with Gasteiger partial charge in [0.05, 0.1) is 4.91 Å². The Bertz CT molecular complexity index is 244. The van der Waals surface area contributed by atoms with Gasteiger partial charge >= 0.3 is 0 Å². The minimum atomic E-state index is 0.295. The van der Waals surface area contributed by atoms with E-state index in [2.05, 4.69) is 22.0 Å². The van der Waals surface area contributed by atoms with Crippen molar-refractivity contribution in [2.75, 3.05) is 0 Å². The third kappa shape index (κ3) is 1.54. The fourth-order valence-corrected chi connectivity index (χ4v) is 0.781. The number of nitrogens with zero attached hydrogens (tertiary/aromatic N) is 1. The zero-order chi connectivity index (χ0) is 7.56. The highest BCUT2D eigenvalue weighted by Gasteiger charge is 2.05. The average molecular weight is 201 g/mol. The molecule has 4 heteroatoms. The van der Waals surface area contributed by atoms with Crippen molar-refractivity contribution in [2.45, 2.75) is 0 Å². The van der Waals surface area contributed by atoms with Crippen molar-refractivity contribution in [1.29, 1.82) is 0 Å². The molecule has 51 valence electrons. The Kier molecular flexibility index (Phi) is 2.01. The third-order valence-electron chi connectivity index (χ3n) is 1.01. The minimum absolute atomic E-state index is 0.295. The summed E-state index contributed by atoms with van der Waals surface area (Å²) >= 11 is 3.18. The third-order valence-corrected chi connectivity index (χ3v) is 1.51. The Morgan fingerprint density at radius 1 is 1.60 bits per heavy atom. The van der Waals surface area contributed by atoms with Crippen LogP contribution >= 0.6 is 15.9 Å². The molecule has 0 bridgehead atoms. The van der Waals surface area contributed by atoms with Crippen molar-refractivity contribution >= 4 is 21.6 Å². The molecule has 1 aromatic carbocycles. The van der Waals surface area contributed by atoms with E-state index >= 15 is 0 Å². The predicted octanol–water partition coefficient (Wildman–Crippen LogP) is 1.53. The largest absolute Gasteiger partial charge is 0.292 e. The number of halogens is 1. The van der Waals surface area contributed by atoms with Crippen molar-refractivity contribution in [3.8, 4) is 0 Å². The topological polar surface area (TPSA) is 46.1 Å². The summed E-state index contributed by atoms with van der Waals surface area (Å²) in [5, 5.41) is 0. The molecule has 10 heavy (non-hydrogen) atoms. The molecule has 0 unspecified atom stereocenters. The number of rotatable bonds is 1. The van der Waals surface area contributed by atoms with Gasteiger partial charge in [-0.15, -0.1) is 0 Å². The normalized spacial score (nSPS) is 9.30. The summed E-state index contributed by atoms with van der Waals surface area (Å²) in [5.74, 6) is 4.91. The second kappa shape index (κ2) is 2.79. The number of hydrogen-bond acceptors (Lipinski definition) is 1. The maximum atomic E-state index is 10.4. The highest BCUT2D eigenvalue weighted by Crippen LogP contribution is 2.13. The maximum Gasteiger partial charge on any atom is 0.292 e. The van der Waals surface area contributed by atoms with E-state index in [1.807, 2.05) is 0 Å². The maximum absolute atomic E-state index is 10.4. The molecule has 0 aliphatic heterocycles. The number of hydrazine groups is 1. The van der Waals surface area contributed by atoms with Gasteiger partial charge in [-0.2, -0.15) is 5.84 Å². The Morgan fingerprint density at radius 3 is 2.70 bits per heavy atom. The zero-order valence-corrected chi connectivity index (χ0v) is 6.63. The van der Waals surface area contributed by atoms with E-state index in [1.54, 1.807) is 12.1 Å². The number of nitrogens with two attached hydrogens (primary N) is 1. The SMILES string of the molecule is N[N+](=O)c1c[c]c(Br)cc1. The van der Waals surface area contributed by atoms with Crippen LogP contribution < -0.4 is 5.84 Å². The molecule has 0 saturated heterocycles. The Morgan fingerprint density at radius 2 is 2.30 bits per heavy atom. The molecule has 0 spiro atoms. The summed E-state index contributed by atoms with van der Waals surface area (Å²) in [4.78, 5) is 10.7. The molecule has 3 nitrogen and oxygen atoms in total. The molecule has 0 fully saturated rings. The Hall–Kier alpha value is -0.900. The van der Waals surface area contributed by atoms with Crippen LogP contribution in [0, 0.1) is 11.0 Å². The lowest BCUT2D eigenvalue weighted by molar-refractivity contribution is -0.474. The predicted molar refractivity (Wildman–Crippen MR) is 40.5 cm³/mol. The molecule has 0 aliphatic rings. The highest BCUT2D eigenvalue weighted by molar-refractivity contribution is 9.10. The first-order chi connectivity index (χ1) is 4.70. The quantitative estimate of drug-likeness (QED) is 0.425. The fourth-order valence-electron chi connectivity index (χ4n) is 0.535. The van der Waals surface area contributed by atoms with Crippen LogP contribution in [0.2, 0.25) is 0 Å². The van der Waals surface area contributed by atoms with Gasteiger partial charge in [0.15, 0.2) is 4.87 Å². The van der Waals surface area contributed by atoms with Crippen LogP contribution in [0.1, 0.15) is 0 Å². The molecule has 2 N–H and O–H groups in total. The standard InChI is InChI=1S/C6H5BrN2O/c7-5-1-3-6(4-2-5)9(8)10/h1,3-4H,(H2,8,10)/q+1. The average Bonchev–Trinajstić information content (AvgIpc) is 1.88. The summed E-state index contributed by atoms with van der Waals surface area (Å²) in [6.45, 7) is 0. The van der Waals surface area contributed by atoms with E-state index in [9.17, 15) is 4.91 Å². The van der Waals surface area contributed by atoms with Crippen LogP contribution in [-0.2, 0) is 0 Å². The van der Waals surface area contributed by atoms with Gasteiger partial charge in [-0.05, 0) is 6.07 Å².